The van der Waals surface area contributed by atoms with Gasteiger partial charge < -0.3 is 9.30 Å². The highest BCUT2D eigenvalue weighted by atomic mass is 32.1. The van der Waals surface area contributed by atoms with Gasteiger partial charge in [0.25, 0.3) is 5.91 Å². The largest absolute Gasteiger partial charge is 0.331 e. The summed E-state index contributed by atoms with van der Waals surface area (Å²) in [5.41, 5.74) is 8.58. The minimum Gasteiger partial charge on any atom is -0.331 e. The molecule has 0 saturated heterocycles. The van der Waals surface area contributed by atoms with Crippen LogP contribution in [-0.2, 0) is 13.0 Å². The summed E-state index contributed by atoms with van der Waals surface area (Å²) in [7, 11) is 0. The number of carbonyl (C=O) groups is 1. The molecule has 0 bridgehead atoms. The van der Waals surface area contributed by atoms with Crippen LogP contribution in [0.25, 0.3) is 16.9 Å². The first-order valence-electron chi connectivity index (χ1n) is 8.95. The fourth-order valence-electron chi connectivity index (χ4n) is 3.85. The summed E-state index contributed by atoms with van der Waals surface area (Å²) in [5.74, 6) is 0.0571. The standard InChI is InChI=1S/C20H19N5OS/c1-12-4-3-5-15-7-14(8-24(12)15)20(26)25-9-16-17(6-13(25)2)22-23-19(16)18-10-27-11-21-18/h3-5,7-8,10-11,13H,6,9H2,1-2H3,(H,22,23). The molecule has 1 atom stereocenters. The minimum absolute atomic E-state index is 0.0571. The van der Waals surface area contributed by atoms with Crippen molar-refractivity contribution in [1.82, 2.24) is 24.5 Å². The third kappa shape index (κ3) is 2.57. The number of aromatic nitrogens is 4. The lowest BCUT2D eigenvalue weighted by Crippen LogP contribution is -2.42. The summed E-state index contributed by atoms with van der Waals surface area (Å²) in [5, 5.41) is 9.60. The molecule has 136 valence electrons. The molecule has 0 spiro atoms. The zero-order valence-corrected chi connectivity index (χ0v) is 16.0. The Hall–Kier alpha value is -2.93. The van der Waals surface area contributed by atoms with Crippen molar-refractivity contribution in [1.29, 1.82) is 0 Å². The molecular weight excluding hydrogens is 358 g/mol. The molecule has 0 fully saturated rings. The fourth-order valence-corrected chi connectivity index (χ4v) is 4.38. The van der Waals surface area contributed by atoms with E-state index < -0.39 is 0 Å². The molecular formula is C20H19N5OS. The van der Waals surface area contributed by atoms with Crippen molar-refractivity contribution in [2.45, 2.75) is 32.9 Å². The van der Waals surface area contributed by atoms with Gasteiger partial charge in [-0.25, -0.2) is 4.98 Å². The Bertz CT molecular complexity index is 1140. The van der Waals surface area contributed by atoms with Gasteiger partial charge in [0.05, 0.1) is 17.6 Å². The molecule has 1 aliphatic rings. The monoisotopic (exact) mass is 377 g/mol. The Kier molecular flexibility index (Phi) is 3.65. The highest BCUT2D eigenvalue weighted by Gasteiger charge is 2.32. The second-order valence-electron chi connectivity index (χ2n) is 7.08. The molecule has 0 radical (unpaired) electrons. The number of carbonyl (C=O) groups excluding carboxylic acids is 1. The Labute approximate surface area is 160 Å². The molecule has 0 aliphatic carbocycles. The molecule has 5 rings (SSSR count). The number of pyridine rings is 1. The van der Waals surface area contributed by atoms with Crippen LogP contribution in [0.5, 0.6) is 0 Å². The van der Waals surface area contributed by atoms with E-state index in [0.29, 0.717) is 6.54 Å². The molecule has 5 heterocycles. The van der Waals surface area contributed by atoms with E-state index in [2.05, 4.69) is 26.5 Å². The number of H-pyrrole nitrogens is 1. The summed E-state index contributed by atoms with van der Waals surface area (Å²) in [4.78, 5) is 19.6. The first-order chi connectivity index (χ1) is 13.1. The van der Waals surface area contributed by atoms with Crippen molar-refractivity contribution in [3.8, 4) is 11.4 Å². The van der Waals surface area contributed by atoms with Crippen LogP contribution in [0.15, 0.2) is 41.4 Å². The highest BCUT2D eigenvalue weighted by Crippen LogP contribution is 2.31. The second-order valence-corrected chi connectivity index (χ2v) is 7.80. The first-order valence-corrected chi connectivity index (χ1v) is 9.89. The van der Waals surface area contributed by atoms with Crippen LogP contribution in [0.3, 0.4) is 0 Å². The number of fused-ring (bicyclic) bond motifs is 2. The topological polar surface area (TPSA) is 66.3 Å². The van der Waals surface area contributed by atoms with Crippen molar-refractivity contribution >= 4 is 22.8 Å². The quantitative estimate of drug-likeness (QED) is 0.579. The van der Waals surface area contributed by atoms with Gasteiger partial charge >= 0.3 is 0 Å². The van der Waals surface area contributed by atoms with Gasteiger partial charge in [0.2, 0.25) is 0 Å². The number of nitrogens with one attached hydrogen (secondary N) is 1. The van der Waals surface area contributed by atoms with Gasteiger partial charge in [-0.2, -0.15) is 5.10 Å². The molecule has 1 unspecified atom stereocenters. The lowest BCUT2D eigenvalue weighted by molar-refractivity contribution is 0.0658. The smallest absolute Gasteiger partial charge is 0.255 e. The lowest BCUT2D eigenvalue weighted by atomic mass is 9.98. The third-order valence-corrected chi connectivity index (χ3v) is 5.92. The highest BCUT2D eigenvalue weighted by molar-refractivity contribution is 7.07. The van der Waals surface area contributed by atoms with Crippen LogP contribution < -0.4 is 0 Å². The molecule has 1 amide bonds. The maximum Gasteiger partial charge on any atom is 0.255 e. The van der Waals surface area contributed by atoms with E-state index in [1.807, 2.05) is 47.7 Å². The molecule has 27 heavy (non-hydrogen) atoms. The van der Waals surface area contributed by atoms with Crippen LogP contribution in [0.1, 0.15) is 34.2 Å². The Morgan fingerprint density at radius 2 is 2.26 bits per heavy atom. The van der Waals surface area contributed by atoms with Gasteiger partial charge in [0, 0.05) is 46.5 Å². The molecule has 0 aromatic carbocycles. The van der Waals surface area contributed by atoms with E-state index in [1.54, 1.807) is 16.8 Å². The van der Waals surface area contributed by atoms with Crippen LogP contribution in [0, 0.1) is 6.92 Å². The molecule has 7 heteroatoms. The minimum atomic E-state index is 0.0571. The Morgan fingerprint density at radius 1 is 1.37 bits per heavy atom. The second kappa shape index (κ2) is 6.06. The van der Waals surface area contributed by atoms with E-state index >= 15 is 0 Å². The molecule has 6 nitrogen and oxygen atoms in total. The number of aryl methyl sites for hydroxylation is 1. The number of amides is 1. The number of hydrogen-bond acceptors (Lipinski definition) is 4. The van der Waals surface area contributed by atoms with Crippen LogP contribution in [0.4, 0.5) is 0 Å². The van der Waals surface area contributed by atoms with E-state index in [9.17, 15) is 4.79 Å². The SMILES string of the molecule is Cc1cccc2cc(C(=O)N3Cc4c(-c5cscn5)n[nH]c4CC3C)cn12. The summed E-state index contributed by atoms with van der Waals surface area (Å²) in [6.07, 6.45) is 2.70. The predicted octanol–water partition coefficient (Wildman–Crippen LogP) is 3.68. The van der Waals surface area contributed by atoms with Gasteiger partial charge in [-0.1, -0.05) is 6.07 Å². The average Bonchev–Trinajstić information content (AvgIpc) is 3.39. The maximum absolute atomic E-state index is 13.3. The fraction of sp³-hybridized carbons (Fsp3) is 0.250. The first kappa shape index (κ1) is 16.3. The van der Waals surface area contributed by atoms with Gasteiger partial charge in [0.1, 0.15) is 11.4 Å². The van der Waals surface area contributed by atoms with Crippen LogP contribution in [0.2, 0.25) is 0 Å². The normalized spacial score (nSPS) is 16.7. The van der Waals surface area contributed by atoms with Gasteiger partial charge in [-0.15, -0.1) is 11.3 Å². The number of aromatic amines is 1. The summed E-state index contributed by atoms with van der Waals surface area (Å²) >= 11 is 1.55. The third-order valence-electron chi connectivity index (χ3n) is 5.33. The van der Waals surface area contributed by atoms with E-state index in [-0.39, 0.29) is 11.9 Å². The zero-order valence-electron chi connectivity index (χ0n) is 15.1. The summed E-state index contributed by atoms with van der Waals surface area (Å²) in [6, 6.07) is 8.16. The van der Waals surface area contributed by atoms with Crippen molar-refractivity contribution in [3.05, 3.63) is 63.9 Å². The molecule has 1 N–H and O–H groups in total. The molecule has 4 aromatic rings. The Balaban J connectivity index is 1.51. The van der Waals surface area contributed by atoms with Gasteiger partial charge in [-0.05, 0) is 32.0 Å². The van der Waals surface area contributed by atoms with Crippen molar-refractivity contribution in [3.63, 3.8) is 0 Å². The lowest BCUT2D eigenvalue weighted by Gasteiger charge is -2.33. The van der Waals surface area contributed by atoms with E-state index in [0.717, 1.165) is 45.8 Å². The number of hydrogen-bond donors (Lipinski definition) is 1. The van der Waals surface area contributed by atoms with Gasteiger partial charge in [0.15, 0.2) is 0 Å². The van der Waals surface area contributed by atoms with Crippen LogP contribution >= 0.6 is 11.3 Å². The van der Waals surface area contributed by atoms with Crippen molar-refractivity contribution < 1.29 is 4.79 Å². The predicted molar refractivity (Wildman–Crippen MR) is 105 cm³/mol. The van der Waals surface area contributed by atoms with E-state index in [1.165, 1.54) is 0 Å². The van der Waals surface area contributed by atoms with Crippen molar-refractivity contribution in [2.75, 3.05) is 0 Å². The van der Waals surface area contributed by atoms with E-state index in [4.69, 9.17) is 0 Å². The van der Waals surface area contributed by atoms with Crippen molar-refractivity contribution in [2.24, 2.45) is 0 Å². The average molecular weight is 377 g/mol. The molecule has 0 saturated carbocycles. The molecule has 4 aromatic heterocycles. The summed E-state index contributed by atoms with van der Waals surface area (Å²) < 4.78 is 2.06. The summed E-state index contributed by atoms with van der Waals surface area (Å²) in [6.45, 7) is 4.68. The molecule has 1 aliphatic heterocycles. The zero-order chi connectivity index (χ0) is 18.5. The maximum atomic E-state index is 13.3. The number of nitrogens with zero attached hydrogens (tertiary/aromatic N) is 4. The Morgan fingerprint density at radius 3 is 3.04 bits per heavy atom. The number of rotatable bonds is 2. The number of thiazole rings is 1. The van der Waals surface area contributed by atoms with Gasteiger partial charge in [-0.3, -0.25) is 9.89 Å². The van der Waals surface area contributed by atoms with Crippen LogP contribution in [-0.4, -0.2) is 36.4 Å².